The van der Waals surface area contributed by atoms with Gasteiger partial charge in [0.2, 0.25) is 15.9 Å². The zero-order valence-electron chi connectivity index (χ0n) is 14.0. The van der Waals surface area contributed by atoms with E-state index in [9.17, 15) is 17.6 Å². The van der Waals surface area contributed by atoms with Gasteiger partial charge in [-0.3, -0.25) is 4.79 Å². The molecule has 1 amide bonds. The molecule has 0 aliphatic carbocycles. The molecule has 0 atom stereocenters. The van der Waals surface area contributed by atoms with Crippen LogP contribution in [-0.4, -0.2) is 57.9 Å². The molecule has 0 bridgehead atoms. The third-order valence-corrected chi connectivity index (χ3v) is 6.09. The number of nitrogens with zero attached hydrogens (tertiary/aromatic N) is 1. The minimum Gasteiger partial charge on any atom is -0.347 e. The Bertz CT molecular complexity index is 752. The first kappa shape index (κ1) is 18.2. The van der Waals surface area contributed by atoms with Crippen molar-refractivity contribution in [2.45, 2.75) is 30.4 Å². The maximum absolute atomic E-state index is 13.1. The molecule has 2 aliphatic rings. The number of carbonyl (C=O) groups is 1. The Balaban J connectivity index is 1.57. The van der Waals surface area contributed by atoms with Crippen molar-refractivity contribution < 1.29 is 27.1 Å². The lowest BCUT2D eigenvalue weighted by molar-refractivity contribution is -0.187. The molecule has 1 N–H and O–H groups in total. The number of rotatable bonds is 4. The number of amides is 1. The summed E-state index contributed by atoms with van der Waals surface area (Å²) in [7, 11) is -3.88. The van der Waals surface area contributed by atoms with Crippen molar-refractivity contribution in [1.29, 1.82) is 0 Å². The summed E-state index contributed by atoms with van der Waals surface area (Å²) in [5, 5.41) is 0. The molecular formula is C16H21FN2O5S. The molecule has 1 aromatic rings. The van der Waals surface area contributed by atoms with Crippen molar-refractivity contribution in [1.82, 2.24) is 9.62 Å². The molecule has 138 valence electrons. The molecule has 25 heavy (non-hydrogen) atoms. The molecule has 1 aromatic carbocycles. The van der Waals surface area contributed by atoms with E-state index in [-0.39, 0.29) is 22.9 Å². The summed E-state index contributed by atoms with van der Waals surface area (Å²) >= 11 is 0. The molecule has 2 heterocycles. The van der Waals surface area contributed by atoms with E-state index in [1.807, 2.05) is 0 Å². The summed E-state index contributed by atoms with van der Waals surface area (Å²) in [5.74, 6) is -1.40. The second-order valence-electron chi connectivity index (χ2n) is 6.22. The van der Waals surface area contributed by atoms with Gasteiger partial charge in [0.05, 0.1) is 24.7 Å². The van der Waals surface area contributed by atoms with Crippen LogP contribution in [0.15, 0.2) is 23.1 Å². The van der Waals surface area contributed by atoms with Crippen LogP contribution in [-0.2, 0) is 24.3 Å². The van der Waals surface area contributed by atoms with Crippen LogP contribution in [0.2, 0.25) is 0 Å². The predicted molar refractivity (Wildman–Crippen MR) is 86.8 cm³/mol. The van der Waals surface area contributed by atoms with Crippen molar-refractivity contribution in [3.8, 4) is 0 Å². The van der Waals surface area contributed by atoms with Crippen LogP contribution >= 0.6 is 0 Å². The number of nitrogens with one attached hydrogen (secondary N) is 1. The van der Waals surface area contributed by atoms with Gasteiger partial charge in [-0.2, -0.15) is 0 Å². The second kappa shape index (κ2) is 6.99. The van der Waals surface area contributed by atoms with E-state index >= 15 is 0 Å². The highest BCUT2D eigenvalue weighted by atomic mass is 32.2. The fourth-order valence-corrected chi connectivity index (χ4v) is 4.34. The van der Waals surface area contributed by atoms with E-state index in [2.05, 4.69) is 4.72 Å². The van der Waals surface area contributed by atoms with Gasteiger partial charge in [0, 0.05) is 25.9 Å². The highest BCUT2D eigenvalue weighted by Gasteiger charge is 2.40. The van der Waals surface area contributed by atoms with Gasteiger partial charge in [-0.25, -0.2) is 17.5 Å². The molecular weight excluding hydrogens is 351 g/mol. The molecule has 9 heteroatoms. The molecule has 0 unspecified atom stereocenters. The number of carbonyl (C=O) groups excluding carboxylic acids is 1. The summed E-state index contributed by atoms with van der Waals surface area (Å²) in [4.78, 5) is 13.8. The maximum atomic E-state index is 13.1. The summed E-state index contributed by atoms with van der Waals surface area (Å²) in [6.45, 7) is 3.20. The Labute approximate surface area is 146 Å². The van der Waals surface area contributed by atoms with E-state index in [0.717, 1.165) is 12.1 Å². The Hall–Kier alpha value is -1.55. The average Bonchev–Trinajstić information content (AvgIpc) is 3.01. The molecule has 7 nitrogen and oxygen atoms in total. The standard InChI is InChI=1S/C16H21FN2O5S/c1-12-10-13(17)2-3-14(12)25(21,22)18-11-15(20)19-6-4-16(5-7-19)23-8-9-24-16/h2-3,10,18H,4-9,11H2,1H3. The predicted octanol–water partition coefficient (Wildman–Crippen LogP) is 0.778. The Morgan fingerprint density at radius 3 is 2.52 bits per heavy atom. The van der Waals surface area contributed by atoms with Gasteiger partial charge >= 0.3 is 0 Å². The summed E-state index contributed by atoms with van der Waals surface area (Å²) in [6.07, 6.45) is 1.14. The van der Waals surface area contributed by atoms with Crippen LogP contribution < -0.4 is 4.72 Å². The minimum atomic E-state index is -3.88. The lowest BCUT2D eigenvalue weighted by Crippen LogP contribution is -2.49. The van der Waals surface area contributed by atoms with Gasteiger partial charge in [0.25, 0.3) is 0 Å². The summed E-state index contributed by atoms with van der Waals surface area (Å²) < 4.78 is 51.2. The molecule has 0 radical (unpaired) electrons. The first-order valence-corrected chi connectivity index (χ1v) is 9.61. The highest BCUT2D eigenvalue weighted by Crippen LogP contribution is 2.31. The quantitative estimate of drug-likeness (QED) is 0.844. The average molecular weight is 372 g/mol. The van der Waals surface area contributed by atoms with Crippen molar-refractivity contribution in [3.63, 3.8) is 0 Å². The fraction of sp³-hybridized carbons (Fsp3) is 0.562. The van der Waals surface area contributed by atoms with E-state index in [0.29, 0.717) is 39.1 Å². The number of hydrogen-bond donors (Lipinski definition) is 1. The lowest BCUT2D eigenvalue weighted by Gasteiger charge is -2.37. The molecule has 1 spiro atoms. The Morgan fingerprint density at radius 2 is 1.92 bits per heavy atom. The van der Waals surface area contributed by atoms with Gasteiger partial charge in [0.15, 0.2) is 5.79 Å². The number of piperidine rings is 1. The number of aryl methyl sites for hydroxylation is 1. The smallest absolute Gasteiger partial charge is 0.241 e. The molecule has 2 saturated heterocycles. The number of benzene rings is 1. The molecule has 2 fully saturated rings. The first-order chi connectivity index (χ1) is 11.8. The zero-order valence-corrected chi connectivity index (χ0v) is 14.8. The molecule has 2 aliphatic heterocycles. The van der Waals surface area contributed by atoms with E-state index in [4.69, 9.17) is 9.47 Å². The zero-order chi connectivity index (χ0) is 18.1. The summed E-state index contributed by atoms with van der Waals surface area (Å²) in [6, 6.07) is 3.41. The third-order valence-electron chi connectivity index (χ3n) is 4.53. The van der Waals surface area contributed by atoms with Crippen LogP contribution in [0.5, 0.6) is 0 Å². The number of likely N-dealkylation sites (tertiary alicyclic amines) is 1. The molecule has 0 aromatic heterocycles. The van der Waals surface area contributed by atoms with Crippen LogP contribution in [0.4, 0.5) is 4.39 Å². The largest absolute Gasteiger partial charge is 0.347 e. The third kappa shape index (κ3) is 4.00. The normalized spacial score (nSPS) is 20.2. The Kier molecular flexibility index (Phi) is 5.10. The monoisotopic (exact) mass is 372 g/mol. The fourth-order valence-electron chi connectivity index (χ4n) is 3.14. The van der Waals surface area contributed by atoms with E-state index in [1.54, 1.807) is 4.90 Å². The highest BCUT2D eigenvalue weighted by molar-refractivity contribution is 7.89. The molecule has 0 saturated carbocycles. The van der Waals surface area contributed by atoms with Gasteiger partial charge < -0.3 is 14.4 Å². The lowest BCUT2D eigenvalue weighted by atomic mass is 10.0. The second-order valence-corrected chi connectivity index (χ2v) is 7.96. The Morgan fingerprint density at radius 1 is 1.28 bits per heavy atom. The van der Waals surface area contributed by atoms with Crippen LogP contribution in [0, 0.1) is 12.7 Å². The molecule has 3 rings (SSSR count). The maximum Gasteiger partial charge on any atom is 0.241 e. The van der Waals surface area contributed by atoms with Crippen LogP contribution in [0.1, 0.15) is 18.4 Å². The van der Waals surface area contributed by atoms with Gasteiger partial charge in [-0.15, -0.1) is 0 Å². The number of sulfonamides is 1. The van der Waals surface area contributed by atoms with Crippen LogP contribution in [0.25, 0.3) is 0 Å². The van der Waals surface area contributed by atoms with Crippen molar-refractivity contribution >= 4 is 15.9 Å². The van der Waals surface area contributed by atoms with Crippen molar-refractivity contribution in [2.75, 3.05) is 32.8 Å². The van der Waals surface area contributed by atoms with Crippen LogP contribution in [0.3, 0.4) is 0 Å². The first-order valence-electron chi connectivity index (χ1n) is 8.13. The number of halogens is 1. The van der Waals surface area contributed by atoms with Gasteiger partial charge in [-0.1, -0.05) is 0 Å². The minimum absolute atomic E-state index is 0.0351. The summed E-state index contributed by atoms with van der Waals surface area (Å²) in [5.41, 5.74) is 0.287. The number of ether oxygens (including phenoxy) is 2. The van der Waals surface area contributed by atoms with Gasteiger partial charge in [0.1, 0.15) is 5.82 Å². The van der Waals surface area contributed by atoms with Gasteiger partial charge in [-0.05, 0) is 30.7 Å². The SMILES string of the molecule is Cc1cc(F)ccc1S(=O)(=O)NCC(=O)N1CCC2(CC1)OCCO2. The van der Waals surface area contributed by atoms with E-state index < -0.39 is 21.6 Å². The topological polar surface area (TPSA) is 84.9 Å². The van der Waals surface area contributed by atoms with Crippen molar-refractivity contribution in [3.05, 3.63) is 29.6 Å². The number of hydrogen-bond acceptors (Lipinski definition) is 5. The van der Waals surface area contributed by atoms with E-state index in [1.165, 1.54) is 13.0 Å². The van der Waals surface area contributed by atoms with Crippen molar-refractivity contribution in [2.24, 2.45) is 0 Å².